The monoisotopic (exact) mass is 333 g/mol. The zero-order valence-electron chi connectivity index (χ0n) is 13.3. The minimum atomic E-state index is -0.289. The van der Waals surface area contributed by atoms with Gasteiger partial charge in [0, 0.05) is 18.6 Å². The number of pyridine rings is 1. The molecular formula is C18H15N5O2. The summed E-state index contributed by atoms with van der Waals surface area (Å²) < 4.78 is 7.26. The number of cyclic esters (lactones) is 1. The van der Waals surface area contributed by atoms with Crippen LogP contribution in [0.4, 0.5) is 10.5 Å². The van der Waals surface area contributed by atoms with Crippen molar-refractivity contribution >= 4 is 11.8 Å². The van der Waals surface area contributed by atoms with Gasteiger partial charge in [0.2, 0.25) is 0 Å². The highest BCUT2D eigenvalue weighted by Gasteiger charge is 2.47. The molecule has 25 heavy (non-hydrogen) atoms. The van der Waals surface area contributed by atoms with Crippen LogP contribution < -0.4 is 4.90 Å². The van der Waals surface area contributed by atoms with Crippen LogP contribution in [-0.2, 0) is 17.7 Å². The number of carbonyl (C=O) groups excluding carboxylic acids is 1. The first-order valence-corrected chi connectivity index (χ1v) is 8.17. The van der Waals surface area contributed by atoms with E-state index in [1.165, 1.54) is 0 Å². The summed E-state index contributed by atoms with van der Waals surface area (Å²) >= 11 is 0. The molecule has 5 rings (SSSR count). The second-order valence-corrected chi connectivity index (χ2v) is 6.27. The van der Waals surface area contributed by atoms with Crippen molar-refractivity contribution in [1.82, 2.24) is 20.0 Å². The lowest BCUT2D eigenvalue weighted by atomic mass is 10.0. The molecule has 2 aromatic heterocycles. The molecule has 0 saturated carbocycles. The van der Waals surface area contributed by atoms with Gasteiger partial charge < -0.3 is 4.74 Å². The topological polar surface area (TPSA) is 73.1 Å². The van der Waals surface area contributed by atoms with Crippen molar-refractivity contribution < 1.29 is 9.53 Å². The number of hydrogen-bond donors (Lipinski definition) is 0. The number of nitrogens with zero attached hydrogens (tertiary/aromatic N) is 5. The molecule has 2 aliphatic heterocycles. The summed E-state index contributed by atoms with van der Waals surface area (Å²) in [5.41, 5.74) is 4.27. The fourth-order valence-corrected chi connectivity index (χ4v) is 3.66. The zero-order chi connectivity index (χ0) is 16.8. The summed E-state index contributed by atoms with van der Waals surface area (Å²) in [6.45, 7) is 0.510. The summed E-state index contributed by atoms with van der Waals surface area (Å²) in [7, 11) is 0. The van der Waals surface area contributed by atoms with Gasteiger partial charge in [0.25, 0.3) is 0 Å². The van der Waals surface area contributed by atoms with Gasteiger partial charge in [0.05, 0.1) is 24.5 Å². The van der Waals surface area contributed by atoms with E-state index in [2.05, 4.69) is 21.4 Å². The lowest BCUT2D eigenvalue weighted by Gasteiger charge is -2.16. The minimum Gasteiger partial charge on any atom is -0.442 e. The average Bonchev–Trinajstić information content (AvgIpc) is 3.34. The number of carbonyl (C=O) groups is 1. The molecule has 7 heteroatoms. The molecule has 4 heterocycles. The van der Waals surface area contributed by atoms with E-state index in [0.29, 0.717) is 6.54 Å². The van der Waals surface area contributed by atoms with Gasteiger partial charge in [-0.25, -0.2) is 9.48 Å². The molecule has 1 saturated heterocycles. The summed E-state index contributed by atoms with van der Waals surface area (Å²) in [4.78, 5) is 18.3. The average molecular weight is 333 g/mol. The molecule has 0 radical (unpaired) electrons. The van der Waals surface area contributed by atoms with Crippen LogP contribution in [0, 0.1) is 0 Å². The number of rotatable bonds is 3. The third-order valence-corrected chi connectivity index (χ3v) is 4.81. The number of fused-ring (bicyclic) bond motifs is 3. The Kier molecular flexibility index (Phi) is 3.06. The number of hydrogen-bond acceptors (Lipinski definition) is 5. The van der Waals surface area contributed by atoms with Gasteiger partial charge >= 0.3 is 6.09 Å². The molecule has 1 fully saturated rings. The van der Waals surface area contributed by atoms with Crippen molar-refractivity contribution in [3.63, 3.8) is 0 Å². The quantitative estimate of drug-likeness (QED) is 0.735. The molecule has 1 unspecified atom stereocenters. The zero-order valence-corrected chi connectivity index (χ0v) is 13.3. The lowest BCUT2D eigenvalue weighted by molar-refractivity contribution is 0.117. The first kappa shape index (κ1) is 14.2. The maximum Gasteiger partial charge on any atom is 0.415 e. The molecular weight excluding hydrogens is 318 g/mol. The maximum atomic E-state index is 12.4. The fourth-order valence-electron chi connectivity index (χ4n) is 3.66. The molecule has 0 N–H and O–H groups in total. The van der Waals surface area contributed by atoms with Crippen LogP contribution in [0.15, 0.2) is 55.1 Å². The molecule has 2 atom stereocenters. The van der Waals surface area contributed by atoms with Gasteiger partial charge in [-0.2, -0.15) is 0 Å². The van der Waals surface area contributed by atoms with Crippen molar-refractivity contribution in [3.8, 4) is 11.1 Å². The molecule has 1 aromatic carbocycles. The van der Waals surface area contributed by atoms with Crippen LogP contribution in [0.25, 0.3) is 11.1 Å². The van der Waals surface area contributed by atoms with Crippen LogP contribution in [0.1, 0.15) is 5.56 Å². The largest absolute Gasteiger partial charge is 0.442 e. The maximum absolute atomic E-state index is 12.4. The number of aromatic nitrogens is 4. The lowest BCUT2D eigenvalue weighted by Crippen LogP contribution is -2.35. The second-order valence-electron chi connectivity index (χ2n) is 6.27. The molecule has 2 aliphatic rings. The SMILES string of the molecule is O=C1OC(Cn2ccnn2)[C@@H]2Cc3cc(-c4cccnc4)ccc3N12. The van der Waals surface area contributed by atoms with E-state index >= 15 is 0 Å². The van der Waals surface area contributed by atoms with E-state index in [9.17, 15) is 4.79 Å². The third-order valence-electron chi connectivity index (χ3n) is 4.81. The normalized spacial score (nSPS) is 21.1. The predicted octanol–water partition coefficient (Wildman–Crippen LogP) is 2.29. The second kappa shape index (κ2) is 5.41. The van der Waals surface area contributed by atoms with Gasteiger partial charge in [-0.1, -0.05) is 17.3 Å². The first-order valence-electron chi connectivity index (χ1n) is 8.17. The van der Waals surface area contributed by atoms with Crippen molar-refractivity contribution in [2.45, 2.75) is 25.1 Å². The summed E-state index contributed by atoms with van der Waals surface area (Å²) in [6, 6.07) is 10.1. The number of anilines is 1. The van der Waals surface area contributed by atoms with Gasteiger partial charge in [-0.15, -0.1) is 5.10 Å². The summed E-state index contributed by atoms with van der Waals surface area (Å²) in [5.74, 6) is 0. The predicted molar refractivity (Wildman–Crippen MR) is 89.9 cm³/mol. The van der Waals surface area contributed by atoms with Gasteiger partial charge in [-0.05, 0) is 41.3 Å². The third kappa shape index (κ3) is 2.27. The van der Waals surface area contributed by atoms with Crippen LogP contribution >= 0.6 is 0 Å². The Balaban J connectivity index is 1.46. The van der Waals surface area contributed by atoms with Gasteiger partial charge in [0.15, 0.2) is 0 Å². The van der Waals surface area contributed by atoms with Crippen molar-refractivity contribution in [2.75, 3.05) is 4.90 Å². The smallest absolute Gasteiger partial charge is 0.415 e. The van der Waals surface area contributed by atoms with Gasteiger partial charge in [-0.3, -0.25) is 9.88 Å². The number of amides is 1. The molecule has 0 spiro atoms. The van der Waals surface area contributed by atoms with Crippen LogP contribution in [-0.4, -0.2) is 38.2 Å². The van der Waals surface area contributed by atoms with Crippen LogP contribution in [0.5, 0.6) is 0 Å². The van der Waals surface area contributed by atoms with E-state index in [0.717, 1.165) is 28.8 Å². The molecule has 1 amide bonds. The van der Waals surface area contributed by atoms with E-state index in [4.69, 9.17) is 4.74 Å². The Hall–Kier alpha value is -3.22. The Morgan fingerprint density at radius 2 is 2.16 bits per heavy atom. The highest BCUT2D eigenvalue weighted by molar-refractivity contribution is 5.94. The van der Waals surface area contributed by atoms with Crippen LogP contribution in [0.3, 0.4) is 0 Å². The van der Waals surface area contributed by atoms with E-state index in [1.54, 1.807) is 28.2 Å². The molecule has 7 nitrogen and oxygen atoms in total. The fraction of sp³-hybridized carbons (Fsp3) is 0.222. The Bertz CT molecular complexity index is 926. The molecule has 3 aromatic rings. The Morgan fingerprint density at radius 1 is 1.20 bits per heavy atom. The van der Waals surface area contributed by atoms with Crippen molar-refractivity contribution in [1.29, 1.82) is 0 Å². The van der Waals surface area contributed by atoms with Gasteiger partial charge in [0.1, 0.15) is 6.10 Å². The molecule has 0 aliphatic carbocycles. The Labute approximate surface area is 143 Å². The first-order chi connectivity index (χ1) is 12.3. The molecule has 0 bridgehead atoms. The number of benzene rings is 1. The summed E-state index contributed by atoms with van der Waals surface area (Å²) in [5, 5.41) is 7.78. The van der Waals surface area contributed by atoms with Crippen molar-refractivity contribution in [2.24, 2.45) is 0 Å². The van der Waals surface area contributed by atoms with E-state index in [-0.39, 0.29) is 18.2 Å². The van der Waals surface area contributed by atoms with Crippen molar-refractivity contribution in [3.05, 3.63) is 60.7 Å². The minimum absolute atomic E-state index is 0.00384. The highest BCUT2D eigenvalue weighted by Crippen LogP contribution is 2.40. The summed E-state index contributed by atoms with van der Waals surface area (Å²) in [6.07, 6.45) is 7.26. The van der Waals surface area contributed by atoms with E-state index in [1.807, 2.05) is 30.5 Å². The Morgan fingerprint density at radius 3 is 2.96 bits per heavy atom. The van der Waals surface area contributed by atoms with E-state index < -0.39 is 0 Å². The van der Waals surface area contributed by atoms with Crippen LogP contribution in [0.2, 0.25) is 0 Å². The highest BCUT2D eigenvalue weighted by atomic mass is 16.6. The number of ether oxygens (including phenoxy) is 1. The standard InChI is InChI=1S/C18H15N5O2/c24-18-23-15-4-3-12(13-2-1-5-19-10-13)8-14(15)9-16(23)17(25-18)11-22-7-6-20-21-22/h1-8,10,16-17H,9,11H2/t16-,17?/m0/s1. The molecule has 124 valence electrons.